The Kier molecular flexibility index (Phi) is 6.43. The number of methoxy groups -OCH3 is 1. The topological polar surface area (TPSA) is 26.3 Å². The molecule has 0 radical (unpaired) electrons. The van der Waals surface area contributed by atoms with Crippen LogP contribution in [0.4, 0.5) is 0 Å². The zero-order chi connectivity index (χ0) is 11.8. The van der Waals surface area contributed by atoms with Gasteiger partial charge in [0.1, 0.15) is 0 Å². The molecule has 1 atom stereocenters. The molecule has 0 fully saturated rings. The Balaban J connectivity index is 0.000000921. The van der Waals surface area contributed by atoms with Gasteiger partial charge in [-0.15, -0.1) is 0 Å². The van der Waals surface area contributed by atoms with Gasteiger partial charge in [0.15, 0.2) is 0 Å². The Labute approximate surface area is 92.3 Å². The summed E-state index contributed by atoms with van der Waals surface area (Å²) in [6.45, 7) is 7.86. The predicted octanol–water partition coefficient (Wildman–Crippen LogP) is 3.30. The molecule has 0 aromatic heterocycles. The van der Waals surface area contributed by atoms with E-state index in [4.69, 9.17) is 0 Å². The van der Waals surface area contributed by atoms with Crippen LogP contribution < -0.4 is 0 Å². The van der Waals surface area contributed by atoms with Crippen molar-refractivity contribution < 1.29 is 9.53 Å². The monoisotopic (exact) mass is 208 g/mol. The zero-order valence-electron chi connectivity index (χ0n) is 10.2. The van der Waals surface area contributed by atoms with E-state index in [-0.39, 0.29) is 11.9 Å². The van der Waals surface area contributed by atoms with Gasteiger partial charge in [-0.2, -0.15) is 0 Å². The lowest BCUT2D eigenvalue weighted by molar-refractivity contribution is -0.141. The molecule has 1 unspecified atom stereocenters. The number of carbonyl (C=O) groups is 1. The van der Waals surface area contributed by atoms with Gasteiger partial charge < -0.3 is 4.74 Å². The van der Waals surface area contributed by atoms with Crippen LogP contribution in [-0.4, -0.2) is 13.1 Å². The number of esters is 1. The molecule has 0 amide bonds. The molecule has 2 nitrogen and oxygen atoms in total. The molecular weight excluding hydrogens is 188 g/mol. The van der Waals surface area contributed by atoms with Crippen molar-refractivity contribution in [1.29, 1.82) is 0 Å². The molecule has 0 saturated carbocycles. The van der Waals surface area contributed by atoms with E-state index in [2.05, 4.69) is 4.74 Å². The highest BCUT2D eigenvalue weighted by molar-refractivity contribution is 5.77. The van der Waals surface area contributed by atoms with Crippen molar-refractivity contribution in [3.8, 4) is 0 Å². The van der Waals surface area contributed by atoms with E-state index in [0.717, 1.165) is 5.56 Å². The maximum absolute atomic E-state index is 11.2. The van der Waals surface area contributed by atoms with Crippen LogP contribution in [-0.2, 0) is 9.53 Å². The third-order valence-electron chi connectivity index (χ3n) is 2.13. The van der Waals surface area contributed by atoms with Crippen LogP contribution in [0.25, 0.3) is 0 Å². The number of hydrogen-bond acceptors (Lipinski definition) is 2. The lowest BCUT2D eigenvalue weighted by Crippen LogP contribution is -2.10. The summed E-state index contributed by atoms with van der Waals surface area (Å²) in [5.74, 6) is -0.366. The minimum absolute atomic E-state index is 0.175. The summed E-state index contributed by atoms with van der Waals surface area (Å²) in [5, 5.41) is 0. The number of carbonyl (C=O) groups excluding carboxylic acids is 1. The second kappa shape index (κ2) is 7.04. The van der Waals surface area contributed by atoms with Gasteiger partial charge in [-0.1, -0.05) is 43.7 Å². The first-order chi connectivity index (χ1) is 7.15. The molecule has 84 valence electrons. The maximum Gasteiger partial charge on any atom is 0.312 e. The molecule has 0 bridgehead atoms. The molecule has 0 saturated heterocycles. The minimum atomic E-state index is -0.191. The van der Waals surface area contributed by atoms with Gasteiger partial charge in [0.05, 0.1) is 13.0 Å². The second-order valence-electron chi connectivity index (χ2n) is 3.16. The summed E-state index contributed by atoms with van der Waals surface area (Å²) in [5.41, 5.74) is 2.19. The molecule has 1 aromatic rings. The van der Waals surface area contributed by atoms with Crippen molar-refractivity contribution >= 4 is 5.97 Å². The Morgan fingerprint density at radius 1 is 1.20 bits per heavy atom. The Bertz CT molecular complexity index is 288. The Morgan fingerprint density at radius 2 is 1.67 bits per heavy atom. The van der Waals surface area contributed by atoms with E-state index in [0.29, 0.717) is 0 Å². The first-order valence-corrected chi connectivity index (χ1v) is 5.29. The van der Waals surface area contributed by atoms with E-state index < -0.39 is 0 Å². The molecule has 2 heteroatoms. The van der Waals surface area contributed by atoms with Crippen molar-refractivity contribution in [1.82, 2.24) is 0 Å². The highest BCUT2D eigenvalue weighted by Crippen LogP contribution is 2.16. The molecule has 0 N–H and O–H groups in total. The summed E-state index contributed by atoms with van der Waals surface area (Å²) in [6.07, 6.45) is 0. The number of rotatable bonds is 2. The van der Waals surface area contributed by atoms with Gasteiger partial charge in [-0.25, -0.2) is 0 Å². The molecule has 0 aliphatic heterocycles. The largest absolute Gasteiger partial charge is 0.469 e. The van der Waals surface area contributed by atoms with Crippen LogP contribution in [0.1, 0.15) is 37.8 Å². The first kappa shape index (κ1) is 13.7. The quantitative estimate of drug-likeness (QED) is 0.697. The van der Waals surface area contributed by atoms with Crippen molar-refractivity contribution in [3.63, 3.8) is 0 Å². The molecule has 1 aromatic carbocycles. The normalized spacial score (nSPS) is 11.0. The fraction of sp³-hybridized carbons (Fsp3) is 0.462. The third-order valence-corrected chi connectivity index (χ3v) is 2.13. The van der Waals surface area contributed by atoms with E-state index >= 15 is 0 Å². The average molecular weight is 208 g/mol. The van der Waals surface area contributed by atoms with Crippen molar-refractivity contribution in [2.75, 3.05) is 7.11 Å². The summed E-state index contributed by atoms with van der Waals surface area (Å²) < 4.78 is 4.66. The van der Waals surface area contributed by atoms with Crippen LogP contribution >= 0.6 is 0 Å². The van der Waals surface area contributed by atoms with Crippen molar-refractivity contribution in [3.05, 3.63) is 35.4 Å². The van der Waals surface area contributed by atoms with Crippen LogP contribution in [0.15, 0.2) is 24.3 Å². The van der Waals surface area contributed by atoms with Crippen molar-refractivity contribution in [2.24, 2.45) is 0 Å². The van der Waals surface area contributed by atoms with Gasteiger partial charge >= 0.3 is 5.97 Å². The smallest absolute Gasteiger partial charge is 0.312 e. The van der Waals surface area contributed by atoms with Gasteiger partial charge in [-0.05, 0) is 19.4 Å². The fourth-order valence-electron chi connectivity index (χ4n) is 1.17. The minimum Gasteiger partial charge on any atom is -0.469 e. The fourth-order valence-corrected chi connectivity index (χ4v) is 1.17. The van der Waals surface area contributed by atoms with E-state index in [1.165, 1.54) is 12.7 Å². The molecule has 15 heavy (non-hydrogen) atoms. The lowest BCUT2D eigenvalue weighted by atomic mass is 10.0. The van der Waals surface area contributed by atoms with Gasteiger partial charge in [0.25, 0.3) is 0 Å². The second-order valence-corrected chi connectivity index (χ2v) is 3.16. The molecule has 1 rings (SSSR count). The third kappa shape index (κ3) is 4.15. The van der Waals surface area contributed by atoms with Gasteiger partial charge in [0, 0.05) is 0 Å². The predicted molar refractivity (Wildman–Crippen MR) is 63.0 cm³/mol. The molecule has 0 aliphatic carbocycles. The summed E-state index contributed by atoms with van der Waals surface area (Å²) in [4.78, 5) is 11.2. The zero-order valence-corrected chi connectivity index (χ0v) is 10.2. The van der Waals surface area contributed by atoms with Crippen molar-refractivity contribution in [2.45, 2.75) is 33.6 Å². The van der Waals surface area contributed by atoms with Gasteiger partial charge in [0.2, 0.25) is 0 Å². The van der Waals surface area contributed by atoms with Crippen LogP contribution in [0.2, 0.25) is 0 Å². The lowest BCUT2D eigenvalue weighted by Gasteiger charge is -2.08. The Morgan fingerprint density at radius 3 is 2.07 bits per heavy atom. The van der Waals surface area contributed by atoms with Crippen LogP contribution in [0, 0.1) is 6.92 Å². The number of benzene rings is 1. The highest BCUT2D eigenvalue weighted by atomic mass is 16.5. The summed E-state index contributed by atoms with van der Waals surface area (Å²) >= 11 is 0. The highest BCUT2D eigenvalue weighted by Gasteiger charge is 2.14. The van der Waals surface area contributed by atoms with Crippen LogP contribution in [0.5, 0.6) is 0 Å². The summed E-state index contributed by atoms with van der Waals surface area (Å²) in [6, 6.07) is 7.90. The first-order valence-electron chi connectivity index (χ1n) is 5.29. The average Bonchev–Trinajstić information content (AvgIpc) is 2.31. The number of hydrogen-bond donors (Lipinski definition) is 0. The van der Waals surface area contributed by atoms with Gasteiger partial charge in [-0.3, -0.25) is 4.79 Å². The summed E-state index contributed by atoms with van der Waals surface area (Å²) in [7, 11) is 1.41. The van der Waals surface area contributed by atoms with E-state index in [1.54, 1.807) is 0 Å². The SMILES string of the molecule is CC.COC(=O)C(C)c1ccc(C)cc1. The van der Waals surface area contributed by atoms with E-state index in [1.807, 2.05) is 52.0 Å². The maximum atomic E-state index is 11.2. The molecular formula is C13H20O2. The van der Waals surface area contributed by atoms with Crippen LogP contribution in [0.3, 0.4) is 0 Å². The molecule has 0 spiro atoms. The standard InChI is InChI=1S/C11H14O2.C2H6/c1-8-4-6-10(7-5-8)9(2)11(12)13-3;1-2/h4-7,9H,1-3H3;1-2H3. The molecule has 0 aliphatic rings. The number of aryl methyl sites for hydroxylation is 1. The van der Waals surface area contributed by atoms with E-state index in [9.17, 15) is 4.79 Å². The molecule has 0 heterocycles. The number of ether oxygens (including phenoxy) is 1. The Hall–Kier alpha value is -1.31.